The predicted octanol–water partition coefficient (Wildman–Crippen LogP) is 2.89. The lowest BCUT2D eigenvalue weighted by Crippen LogP contribution is -2.55. The Hall–Kier alpha value is -3.30. The lowest BCUT2D eigenvalue weighted by molar-refractivity contribution is -0.00670. The van der Waals surface area contributed by atoms with Gasteiger partial charge in [0.1, 0.15) is 12.3 Å². The average Bonchev–Trinajstić information content (AvgIpc) is 2.87. The summed E-state index contributed by atoms with van der Waals surface area (Å²) in [6.07, 6.45) is 8.88. The minimum atomic E-state index is -0.203. The minimum Gasteiger partial charge on any atom is -0.368 e. The van der Waals surface area contributed by atoms with E-state index in [1.807, 2.05) is 17.1 Å². The standard InChI is InChI=1S/C25H33N7O2/c1-3-18-14-19(4-2)16-21(15-18)30-25(33)32-12-10-31(11-13-32)23-22(6-5-8-27-23)34-17-20-7-9-28-24(26)29-20/h5-9,14-16,22-23H,3-4,10-13,17H2,1-2H3,(H,30,33)(H2,26,28,29). The Bertz CT molecular complexity index is 1030. The van der Waals surface area contributed by atoms with E-state index >= 15 is 0 Å². The van der Waals surface area contributed by atoms with Gasteiger partial charge >= 0.3 is 6.03 Å². The van der Waals surface area contributed by atoms with Crippen LogP contribution in [0.3, 0.4) is 0 Å². The van der Waals surface area contributed by atoms with Gasteiger partial charge in [-0.15, -0.1) is 0 Å². The van der Waals surface area contributed by atoms with E-state index in [0.717, 1.165) is 37.3 Å². The maximum atomic E-state index is 12.9. The van der Waals surface area contributed by atoms with E-state index in [1.54, 1.807) is 18.5 Å². The number of anilines is 2. The monoisotopic (exact) mass is 463 g/mol. The summed E-state index contributed by atoms with van der Waals surface area (Å²) < 4.78 is 6.11. The van der Waals surface area contributed by atoms with Gasteiger partial charge in [0, 0.05) is 44.3 Å². The zero-order valence-corrected chi connectivity index (χ0v) is 19.9. The highest BCUT2D eigenvalue weighted by molar-refractivity contribution is 5.89. The number of carbonyl (C=O) groups is 1. The number of benzene rings is 1. The maximum Gasteiger partial charge on any atom is 0.321 e. The number of piperazine rings is 1. The average molecular weight is 464 g/mol. The SMILES string of the molecule is CCc1cc(CC)cc(NC(=O)N2CCN(C3N=CC=CC3OCc3ccnc(N)n3)CC2)c1. The number of carbonyl (C=O) groups excluding carboxylic acids is 1. The van der Waals surface area contributed by atoms with Gasteiger partial charge < -0.3 is 20.7 Å². The zero-order chi connectivity index (χ0) is 23.9. The number of nitrogens with two attached hydrogens (primary N) is 1. The van der Waals surface area contributed by atoms with Gasteiger partial charge in [-0.05, 0) is 48.2 Å². The first kappa shape index (κ1) is 23.8. The van der Waals surface area contributed by atoms with Gasteiger partial charge in [0.25, 0.3) is 0 Å². The fraction of sp³-hybridized carbons (Fsp3) is 0.440. The van der Waals surface area contributed by atoms with Crippen molar-refractivity contribution in [3.8, 4) is 0 Å². The second-order valence-electron chi connectivity index (χ2n) is 8.48. The number of aryl methyl sites for hydroxylation is 2. The summed E-state index contributed by atoms with van der Waals surface area (Å²) in [5.74, 6) is 0.233. The van der Waals surface area contributed by atoms with Crippen molar-refractivity contribution in [2.75, 3.05) is 37.2 Å². The number of urea groups is 1. The molecule has 2 amide bonds. The maximum absolute atomic E-state index is 12.9. The summed E-state index contributed by atoms with van der Waals surface area (Å²) in [6.45, 7) is 7.28. The Morgan fingerprint density at radius 3 is 2.56 bits per heavy atom. The van der Waals surface area contributed by atoms with Gasteiger partial charge in [-0.3, -0.25) is 9.89 Å². The second-order valence-corrected chi connectivity index (χ2v) is 8.48. The number of amides is 2. The number of aliphatic imine (C=N–C) groups is 1. The first-order valence-electron chi connectivity index (χ1n) is 11.9. The summed E-state index contributed by atoms with van der Waals surface area (Å²) in [5.41, 5.74) is 9.73. The summed E-state index contributed by atoms with van der Waals surface area (Å²) in [7, 11) is 0. The molecule has 2 aliphatic heterocycles. The molecule has 34 heavy (non-hydrogen) atoms. The van der Waals surface area contributed by atoms with Crippen LogP contribution in [-0.4, -0.2) is 70.5 Å². The topological polar surface area (TPSA) is 109 Å². The van der Waals surface area contributed by atoms with Gasteiger partial charge in [0.15, 0.2) is 0 Å². The van der Waals surface area contributed by atoms with E-state index in [-0.39, 0.29) is 24.2 Å². The van der Waals surface area contributed by atoms with E-state index in [1.165, 1.54) is 11.1 Å². The molecule has 0 saturated carbocycles. The van der Waals surface area contributed by atoms with Crippen LogP contribution in [0.15, 0.2) is 47.6 Å². The van der Waals surface area contributed by atoms with Crippen molar-refractivity contribution in [1.29, 1.82) is 0 Å². The third kappa shape index (κ3) is 5.98. The van der Waals surface area contributed by atoms with Gasteiger partial charge in [-0.25, -0.2) is 14.8 Å². The van der Waals surface area contributed by atoms with Crippen LogP contribution >= 0.6 is 0 Å². The highest BCUT2D eigenvalue weighted by Gasteiger charge is 2.31. The molecule has 4 rings (SSSR count). The number of nitrogens with one attached hydrogen (secondary N) is 1. The number of hydrogen-bond donors (Lipinski definition) is 2. The van der Waals surface area contributed by atoms with Crippen molar-refractivity contribution in [2.24, 2.45) is 4.99 Å². The van der Waals surface area contributed by atoms with Crippen molar-refractivity contribution in [3.63, 3.8) is 0 Å². The van der Waals surface area contributed by atoms with E-state index in [2.05, 4.69) is 57.2 Å². The van der Waals surface area contributed by atoms with Crippen molar-refractivity contribution >= 4 is 23.9 Å². The minimum absolute atomic E-state index is 0.0591. The number of dihydropyridines is 1. The molecule has 9 nitrogen and oxygen atoms in total. The van der Waals surface area contributed by atoms with E-state index in [0.29, 0.717) is 19.7 Å². The van der Waals surface area contributed by atoms with Crippen LogP contribution < -0.4 is 11.1 Å². The molecule has 180 valence electrons. The number of nitrogen functional groups attached to an aromatic ring is 1. The predicted molar refractivity (Wildman–Crippen MR) is 134 cm³/mol. The molecule has 0 bridgehead atoms. The Morgan fingerprint density at radius 1 is 1.15 bits per heavy atom. The second kappa shape index (κ2) is 11.2. The Kier molecular flexibility index (Phi) is 7.87. The molecule has 0 aliphatic carbocycles. The highest BCUT2D eigenvalue weighted by atomic mass is 16.5. The van der Waals surface area contributed by atoms with Crippen molar-refractivity contribution in [2.45, 2.75) is 45.6 Å². The lowest BCUT2D eigenvalue weighted by Gasteiger charge is -2.40. The number of ether oxygens (including phenoxy) is 1. The number of hydrogen-bond acceptors (Lipinski definition) is 7. The van der Waals surface area contributed by atoms with Gasteiger partial charge in [0.2, 0.25) is 5.95 Å². The van der Waals surface area contributed by atoms with Crippen molar-refractivity contribution in [1.82, 2.24) is 19.8 Å². The molecule has 2 unspecified atom stereocenters. The van der Waals surface area contributed by atoms with Crippen molar-refractivity contribution in [3.05, 3.63) is 59.4 Å². The molecule has 2 atom stereocenters. The Morgan fingerprint density at radius 2 is 1.88 bits per heavy atom. The Labute approximate surface area is 200 Å². The summed E-state index contributed by atoms with van der Waals surface area (Å²) in [4.78, 5) is 29.8. The molecule has 1 aromatic carbocycles. The van der Waals surface area contributed by atoms with Crippen LogP contribution in [0.2, 0.25) is 0 Å². The summed E-state index contributed by atoms with van der Waals surface area (Å²) in [6, 6.07) is 8.05. The normalized spacial score (nSPS) is 20.5. The van der Waals surface area contributed by atoms with Crippen LogP contribution in [0, 0.1) is 0 Å². The van der Waals surface area contributed by atoms with Gasteiger partial charge in [0.05, 0.1) is 12.3 Å². The fourth-order valence-corrected chi connectivity index (χ4v) is 4.24. The smallest absolute Gasteiger partial charge is 0.321 e. The van der Waals surface area contributed by atoms with Gasteiger partial charge in [-0.1, -0.05) is 26.0 Å². The number of nitrogens with zero attached hydrogens (tertiary/aromatic N) is 5. The fourth-order valence-electron chi connectivity index (χ4n) is 4.24. The van der Waals surface area contributed by atoms with E-state index in [9.17, 15) is 4.79 Å². The summed E-state index contributed by atoms with van der Waals surface area (Å²) >= 11 is 0. The quantitative estimate of drug-likeness (QED) is 0.654. The molecule has 2 aliphatic rings. The van der Waals surface area contributed by atoms with Gasteiger partial charge in [-0.2, -0.15) is 0 Å². The van der Waals surface area contributed by atoms with E-state index < -0.39 is 0 Å². The largest absolute Gasteiger partial charge is 0.368 e. The molecular formula is C25H33N7O2. The highest BCUT2D eigenvalue weighted by Crippen LogP contribution is 2.20. The van der Waals surface area contributed by atoms with Crippen LogP contribution in [0.1, 0.15) is 30.7 Å². The molecule has 1 aromatic heterocycles. The third-order valence-corrected chi connectivity index (χ3v) is 6.17. The number of allylic oxidation sites excluding steroid dienone is 1. The van der Waals surface area contributed by atoms with Crippen LogP contribution in [0.4, 0.5) is 16.4 Å². The molecule has 0 radical (unpaired) electrons. The first-order chi connectivity index (χ1) is 16.6. The lowest BCUT2D eigenvalue weighted by atomic mass is 10.1. The Balaban J connectivity index is 1.32. The molecule has 1 fully saturated rings. The van der Waals surface area contributed by atoms with Crippen LogP contribution in [0.25, 0.3) is 0 Å². The molecule has 2 aromatic rings. The molecule has 0 spiro atoms. The molecular weight excluding hydrogens is 430 g/mol. The molecule has 3 N–H and O–H groups in total. The molecule has 9 heteroatoms. The van der Waals surface area contributed by atoms with Crippen LogP contribution in [0.5, 0.6) is 0 Å². The van der Waals surface area contributed by atoms with Crippen LogP contribution in [-0.2, 0) is 24.2 Å². The number of rotatable bonds is 7. The number of aromatic nitrogens is 2. The molecule has 1 saturated heterocycles. The van der Waals surface area contributed by atoms with E-state index in [4.69, 9.17) is 10.5 Å². The van der Waals surface area contributed by atoms with Crippen molar-refractivity contribution < 1.29 is 9.53 Å². The third-order valence-electron chi connectivity index (χ3n) is 6.17. The first-order valence-corrected chi connectivity index (χ1v) is 11.9. The summed E-state index contributed by atoms with van der Waals surface area (Å²) in [5, 5.41) is 3.09. The zero-order valence-electron chi connectivity index (χ0n) is 19.9. The molecule has 3 heterocycles.